The Morgan fingerprint density at radius 1 is 1.50 bits per heavy atom. The van der Waals surface area contributed by atoms with Crippen molar-refractivity contribution in [3.63, 3.8) is 0 Å². The highest BCUT2D eigenvalue weighted by Crippen LogP contribution is 2.11. The molecule has 0 aromatic carbocycles. The van der Waals surface area contributed by atoms with Crippen LogP contribution in [0.2, 0.25) is 0 Å². The predicted octanol–water partition coefficient (Wildman–Crippen LogP) is 1.36. The largest absolute Gasteiger partial charge is 0.342 e. The first-order valence-electron chi connectivity index (χ1n) is 6.00. The van der Waals surface area contributed by atoms with Gasteiger partial charge in [0.1, 0.15) is 0 Å². The second kappa shape index (κ2) is 5.25. The molecule has 0 saturated carbocycles. The standard InChI is InChI=1S/C12H20N4/c1-10-6-8-14-12(15-10)16(2)9-11-5-3-4-7-13-11/h6,8,11,13H,3-5,7,9H2,1-2H3/t11-/m0/s1. The van der Waals surface area contributed by atoms with E-state index in [-0.39, 0.29) is 0 Å². The molecule has 16 heavy (non-hydrogen) atoms. The summed E-state index contributed by atoms with van der Waals surface area (Å²) in [7, 11) is 2.06. The number of piperidine rings is 1. The zero-order valence-electron chi connectivity index (χ0n) is 10.1. The van der Waals surface area contributed by atoms with Gasteiger partial charge >= 0.3 is 0 Å². The molecule has 1 aliphatic rings. The molecule has 1 aromatic rings. The minimum absolute atomic E-state index is 0.586. The number of aryl methyl sites for hydroxylation is 1. The monoisotopic (exact) mass is 220 g/mol. The molecular weight excluding hydrogens is 200 g/mol. The lowest BCUT2D eigenvalue weighted by Gasteiger charge is -2.28. The summed E-state index contributed by atoms with van der Waals surface area (Å²) in [6.07, 6.45) is 5.72. The Bertz CT molecular complexity index is 334. The molecular formula is C12H20N4. The summed E-state index contributed by atoms with van der Waals surface area (Å²) < 4.78 is 0. The van der Waals surface area contributed by atoms with Crippen molar-refractivity contribution >= 4 is 5.95 Å². The minimum Gasteiger partial charge on any atom is -0.342 e. The summed E-state index contributed by atoms with van der Waals surface area (Å²) in [5, 5.41) is 3.54. The molecule has 1 N–H and O–H groups in total. The third-order valence-corrected chi connectivity index (χ3v) is 3.03. The maximum Gasteiger partial charge on any atom is 0.225 e. The second-order valence-corrected chi connectivity index (χ2v) is 4.53. The Morgan fingerprint density at radius 2 is 2.38 bits per heavy atom. The van der Waals surface area contributed by atoms with Gasteiger partial charge in [0.15, 0.2) is 0 Å². The van der Waals surface area contributed by atoms with Crippen LogP contribution in [-0.2, 0) is 0 Å². The van der Waals surface area contributed by atoms with Gasteiger partial charge in [-0.1, -0.05) is 6.42 Å². The van der Waals surface area contributed by atoms with Gasteiger partial charge in [-0.15, -0.1) is 0 Å². The quantitative estimate of drug-likeness (QED) is 0.835. The molecule has 1 fully saturated rings. The molecule has 0 bridgehead atoms. The molecule has 0 spiro atoms. The van der Waals surface area contributed by atoms with E-state index in [9.17, 15) is 0 Å². The number of anilines is 1. The second-order valence-electron chi connectivity index (χ2n) is 4.53. The van der Waals surface area contributed by atoms with Crippen molar-refractivity contribution in [3.8, 4) is 0 Å². The number of rotatable bonds is 3. The zero-order chi connectivity index (χ0) is 11.4. The Hall–Kier alpha value is -1.16. The summed E-state index contributed by atoms with van der Waals surface area (Å²) in [4.78, 5) is 10.9. The van der Waals surface area contributed by atoms with E-state index in [1.54, 1.807) is 0 Å². The number of nitrogens with one attached hydrogen (secondary N) is 1. The third kappa shape index (κ3) is 2.92. The average Bonchev–Trinajstić information content (AvgIpc) is 2.30. The van der Waals surface area contributed by atoms with E-state index < -0.39 is 0 Å². The van der Waals surface area contributed by atoms with Gasteiger partial charge in [0.05, 0.1) is 0 Å². The van der Waals surface area contributed by atoms with Gasteiger partial charge < -0.3 is 10.2 Å². The first-order valence-corrected chi connectivity index (χ1v) is 6.00. The highest BCUT2D eigenvalue weighted by Gasteiger charge is 2.15. The van der Waals surface area contributed by atoms with Crippen LogP contribution in [0.5, 0.6) is 0 Å². The van der Waals surface area contributed by atoms with E-state index in [4.69, 9.17) is 0 Å². The van der Waals surface area contributed by atoms with Gasteiger partial charge in [-0.25, -0.2) is 9.97 Å². The van der Waals surface area contributed by atoms with E-state index in [0.717, 1.165) is 24.7 Å². The average molecular weight is 220 g/mol. The molecule has 1 atom stereocenters. The molecule has 1 saturated heterocycles. The molecule has 1 aromatic heterocycles. The zero-order valence-corrected chi connectivity index (χ0v) is 10.1. The van der Waals surface area contributed by atoms with Gasteiger partial charge in [-0.2, -0.15) is 0 Å². The van der Waals surface area contributed by atoms with Crippen LogP contribution in [0, 0.1) is 6.92 Å². The lowest BCUT2D eigenvalue weighted by Crippen LogP contribution is -2.42. The van der Waals surface area contributed by atoms with Crippen LogP contribution < -0.4 is 10.2 Å². The first kappa shape index (κ1) is 11.3. The van der Waals surface area contributed by atoms with Crippen LogP contribution >= 0.6 is 0 Å². The van der Waals surface area contributed by atoms with E-state index in [1.165, 1.54) is 19.3 Å². The van der Waals surface area contributed by atoms with Gasteiger partial charge in [-0.3, -0.25) is 0 Å². The van der Waals surface area contributed by atoms with Crippen LogP contribution in [0.25, 0.3) is 0 Å². The van der Waals surface area contributed by atoms with E-state index in [2.05, 4.69) is 27.2 Å². The first-order chi connectivity index (χ1) is 7.75. The Labute approximate surface area is 97.1 Å². The number of hydrogen-bond donors (Lipinski definition) is 1. The van der Waals surface area contributed by atoms with Crippen molar-refractivity contribution in [2.24, 2.45) is 0 Å². The van der Waals surface area contributed by atoms with E-state index in [1.807, 2.05) is 19.2 Å². The maximum atomic E-state index is 4.43. The van der Waals surface area contributed by atoms with Crippen molar-refractivity contribution in [2.75, 3.05) is 25.0 Å². The Morgan fingerprint density at radius 3 is 3.06 bits per heavy atom. The molecule has 2 heterocycles. The molecule has 0 amide bonds. The van der Waals surface area contributed by atoms with Crippen molar-refractivity contribution in [2.45, 2.75) is 32.2 Å². The molecule has 88 valence electrons. The molecule has 4 heteroatoms. The smallest absolute Gasteiger partial charge is 0.225 e. The Balaban J connectivity index is 1.94. The van der Waals surface area contributed by atoms with Gasteiger partial charge in [0, 0.05) is 31.5 Å². The van der Waals surface area contributed by atoms with Gasteiger partial charge in [0.25, 0.3) is 0 Å². The van der Waals surface area contributed by atoms with Crippen LogP contribution in [0.4, 0.5) is 5.95 Å². The summed E-state index contributed by atoms with van der Waals surface area (Å²) >= 11 is 0. The molecule has 4 nitrogen and oxygen atoms in total. The summed E-state index contributed by atoms with van der Waals surface area (Å²) in [6.45, 7) is 4.13. The van der Waals surface area contributed by atoms with Crippen molar-refractivity contribution < 1.29 is 0 Å². The predicted molar refractivity (Wildman–Crippen MR) is 65.7 cm³/mol. The van der Waals surface area contributed by atoms with Crippen LogP contribution in [-0.4, -0.2) is 36.1 Å². The number of aromatic nitrogens is 2. The molecule has 2 rings (SSSR count). The summed E-state index contributed by atoms with van der Waals surface area (Å²) in [5.41, 5.74) is 1.02. The maximum absolute atomic E-state index is 4.43. The van der Waals surface area contributed by atoms with E-state index >= 15 is 0 Å². The number of likely N-dealkylation sites (N-methyl/N-ethyl adjacent to an activating group) is 1. The SMILES string of the molecule is Cc1ccnc(N(C)C[C@@H]2CCCCN2)n1. The Kier molecular flexibility index (Phi) is 3.72. The van der Waals surface area contributed by atoms with Crippen LogP contribution in [0.15, 0.2) is 12.3 Å². The van der Waals surface area contributed by atoms with Gasteiger partial charge in [0.2, 0.25) is 5.95 Å². The normalized spacial score (nSPS) is 20.8. The molecule has 0 aliphatic carbocycles. The highest BCUT2D eigenvalue weighted by molar-refractivity contribution is 5.28. The lowest BCUT2D eigenvalue weighted by atomic mass is 10.0. The van der Waals surface area contributed by atoms with Gasteiger partial charge in [-0.05, 0) is 32.4 Å². The summed E-state index contributed by atoms with van der Waals surface area (Å²) in [6, 6.07) is 2.51. The fourth-order valence-electron chi connectivity index (χ4n) is 2.11. The topological polar surface area (TPSA) is 41.1 Å². The highest BCUT2D eigenvalue weighted by atomic mass is 15.2. The lowest BCUT2D eigenvalue weighted by molar-refractivity contribution is 0.402. The molecule has 0 radical (unpaired) electrons. The van der Waals surface area contributed by atoms with Crippen LogP contribution in [0.3, 0.4) is 0 Å². The minimum atomic E-state index is 0.586. The summed E-state index contributed by atoms with van der Waals surface area (Å²) in [5.74, 6) is 0.826. The van der Waals surface area contributed by atoms with Crippen molar-refractivity contribution in [3.05, 3.63) is 18.0 Å². The molecule has 0 unspecified atom stereocenters. The van der Waals surface area contributed by atoms with Crippen molar-refractivity contribution in [1.82, 2.24) is 15.3 Å². The molecule has 1 aliphatic heterocycles. The van der Waals surface area contributed by atoms with Crippen molar-refractivity contribution in [1.29, 1.82) is 0 Å². The van der Waals surface area contributed by atoms with E-state index in [0.29, 0.717) is 6.04 Å². The van der Waals surface area contributed by atoms with Crippen LogP contribution in [0.1, 0.15) is 25.0 Å². The number of nitrogens with zero attached hydrogens (tertiary/aromatic N) is 3. The fourth-order valence-corrected chi connectivity index (χ4v) is 2.11. The fraction of sp³-hybridized carbons (Fsp3) is 0.667. The number of hydrogen-bond acceptors (Lipinski definition) is 4. The third-order valence-electron chi connectivity index (χ3n) is 3.03.